The minimum absolute atomic E-state index is 0.284. The summed E-state index contributed by atoms with van der Waals surface area (Å²) in [7, 11) is 0. The van der Waals surface area contributed by atoms with E-state index in [1.807, 2.05) is 32.1 Å². The minimum atomic E-state index is -0.748. The topological polar surface area (TPSA) is 70.4 Å². The Hall–Kier alpha value is -2.45. The fourth-order valence-corrected chi connectivity index (χ4v) is 4.03. The lowest BCUT2D eigenvalue weighted by Gasteiger charge is -2.25. The highest BCUT2D eigenvalue weighted by atomic mass is 16.5. The van der Waals surface area contributed by atoms with E-state index in [2.05, 4.69) is 0 Å². The van der Waals surface area contributed by atoms with Gasteiger partial charge in [0.2, 0.25) is 11.8 Å². The van der Waals surface area contributed by atoms with Gasteiger partial charge < -0.3 is 4.74 Å². The normalized spacial score (nSPS) is 38.5. The lowest BCUT2D eigenvalue weighted by atomic mass is 9.73. The van der Waals surface area contributed by atoms with Crippen LogP contribution in [0.25, 0.3) is 0 Å². The van der Waals surface area contributed by atoms with Crippen molar-refractivity contribution in [3.63, 3.8) is 0 Å². The van der Waals surface area contributed by atoms with Crippen LogP contribution in [-0.4, -0.2) is 23.0 Å². The third-order valence-electron chi connectivity index (χ3n) is 4.99. The molecule has 5 heteroatoms. The van der Waals surface area contributed by atoms with E-state index < -0.39 is 23.0 Å². The molecule has 5 nitrogen and oxygen atoms in total. The number of imide groups is 1. The van der Waals surface area contributed by atoms with E-state index >= 15 is 0 Å². The van der Waals surface area contributed by atoms with Crippen molar-refractivity contribution in [1.29, 1.82) is 5.26 Å². The Morgan fingerprint density at radius 2 is 1.64 bits per heavy atom. The number of rotatable bonds is 1. The average Bonchev–Trinajstić information content (AvgIpc) is 3.04. The Labute approximate surface area is 127 Å². The SMILES string of the molecule is C[C@]12C=C[C@@](C)(O1)[C@H]1C(=O)N(c3ccccc3C#N)C(=O)[C@H]12. The van der Waals surface area contributed by atoms with E-state index in [4.69, 9.17) is 4.74 Å². The number of ether oxygens (including phenoxy) is 1. The van der Waals surface area contributed by atoms with Crippen LogP contribution in [-0.2, 0) is 14.3 Å². The predicted molar refractivity (Wildman–Crippen MR) is 77.7 cm³/mol. The molecule has 0 spiro atoms. The Morgan fingerprint density at radius 3 is 2.18 bits per heavy atom. The Kier molecular flexibility index (Phi) is 2.31. The fourth-order valence-electron chi connectivity index (χ4n) is 4.03. The smallest absolute Gasteiger partial charge is 0.241 e. The number of nitrogens with zero attached hydrogens (tertiary/aromatic N) is 2. The summed E-state index contributed by atoms with van der Waals surface area (Å²) in [6, 6.07) is 8.72. The van der Waals surface area contributed by atoms with Gasteiger partial charge in [-0.15, -0.1) is 0 Å². The third-order valence-corrected chi connectivity index (χ3v) is 4.99. The van der Waals surface area contributed by atoms with Crippen LogP contribution in [0.3, 0.4) is 0 Å². The molecule has 0 aliphatic carbocycles. The first-order valence-electron chi connectivity index (χ1n) is 7.19. The molecule has 3 aliphatic heterocycles. The monoisotopic (exact) mass is 294 g/mol. The molecule has 0 radical (unpaired) electrons. The summed E-state index contributed by atoms with van der Waals surface area (Å²) >= 11 is 0. The van der Waals surface area contributed by atoms with Gasteiger partial charge in [-0.2, -0.15) is 5.26 Å². The maximum absolute atomic E-state index is 12.9. The molecule has 2 saturated heterocycles. The van der Waals surface area contributed by atoms with Crippen LogP contribution in [0.2, 0.25) is 0 Å². The lowest BCUT2D eigenvalue weighted by molar-refractivity contribution is -0.128. The molecular weight excluding hydrogens is 280 g/mol. The number of nitriles is 1. The summed E-state index contributed by atoms with van der Waals surface area (Å²) in [4.78, 5) is 26.9. The van der Waals surface area contributed by atoms with E-state index in [1.165, 1.54) is 4.90 Å². The molecule has 2 fully saturated rings. The molecule has 0 saturated carbocycles. The van der Waals surface area contributed by atoms with Gasteiger partial charge in [0.15, 0.2) is 0 Å². The summed E-state index contributed by atoms with van der Waals surface area (Å²) in [5, 5.41) is 9.24. The summed E-state index contributed by atoms with van der Waals surface area (Å²) < 4.78 is 5.95. The zero-order chi connectivity index (χ0) is 15.7. The third kappa shape index (κ3) is 1.36. The van der Waals surface area contributed by atoms with Crippen molar-refractivity contribution in [3.8, 4) is 6.07 Å². The van der Waals surface area contributed by atoms with Crippen molar-refractivity contribution in [2.45, 2.75) is 25.0 Å². The number of para-hydroxylation sites is 1. The van der Waals surface area contributed by atoms with Crippen molar-refractivity contribution < 1.29 is 14.3 Å². The van der Waals surface area contributed by atoms with Gasteiger partial charge in [0, 0.05) is 0 Å². The van der Waals surface area contributed by atoms with E-state index in [1.54, 1.807) is 24.3 Å². The maximum Gasteiger partial charge on any atom is 0.241 e. The number of hydrogen-bond donors (Lipinski definition) is 0. The molecule has 110 valence electrons. The van der Waals surface area contributed by atoms with E-state index in [9.17, 15) is 14.9 Å². The Balaban J connectivity index is 1.86. The summed E-state index contributed by atoms with van der Waals surface area (Å²) in [6.07, 6.45) is 3.75. The predicted octanol–water partition coefficient (Wildman–Crippen LogP) is 1.78. The van der Waals surface area contributed by atoms with E-state index in [0.29, 0.717) is 11.3 Å². The van der Waals surface area contributed by atoms with Gasteiger partial charge in [-0.3, -0.25) is 9.59 Å². The van der Waals surface area contributed by atoms with Crippen molar-refractivity contribution in [3.05, 3.63) is 42.0 Å². The standard InChI is InChI=1S/C17H14N2O3/c1-16-7-8-17(2,22-16)13-12(16)14(20)19(15(13)21)11-6-4-3-5-10(11)9-18/h3-8,12-13H,1-2H3/t12-,13+,16-,17-/m1/s1. The first-order valence-corrected chi connectivity index (χ1v) is 7.19. The first kappa shape index (κ1) is 13.2. The van der Waals surface area contributed by atoms with Crippen molar-refractivity contribution in [1.82, 2.24) is 0 Å². The zero-order valence-electron chi connectivity index (χ0n) is 12.2. The van der Waals surface area contributed by atoms with Gasteiger partial charge >= 0.3 is 0 Å². The number of anilines is 1. The van der Waals surface area contributed by atoms with Crippen molar-refractivity contribution in [2.24, 2.45) is 11.8 Å². The molecule has 4 atom stereocenters. The molecule has 0 unspecified atom stereocenters. The molecule has 3 heterocycles. The fraction of sp³-hybridized carbons (Fsp3) is 0.353. The molecule has 2 bridgehead atoms. The van der Waals surface area contributed by atoms with Crippen LogP contribution in [0.1, 0.15) is 19.4 Å². The molecule has 1 aromatic carbocycles. The van der Waals surface area contributed by atoms with Gasteiger partial charge in [0.25, 0.3) is 0 Å². The average molecular weight is 294 g/mol. The highest BCUT2D eigenvalue weighted by molar-refractivity contribution is 6.24. The van der Waals surface area contributed by atoms with Gasteiger partial charge in [0.1, 0.15) is 6.07 Å². The van der Waals surface area contributed by atoms with E-state index in [0.717, 1.165) is 0 Å². The minimum Gasteiger partial charge on any atom is -0.359 e. The highest BCUT2D eigenvalue weighted by Gasteiger charge is 2.70. The van der Waals surface area contributed by atoms with Crippen LogP contribution in [0.5, 0.6) is 0 Å². The molecular formula is C17H14N2O3. The van der Waals surface area contributed by atoms with Gasteiger partial charge in [-0.1, -0.05) is 24.3 Å². The number of carbonyl (C=O) groups excluding carboxylic acids is 2. The second-order valence-electron chi connectivity index (χ2n) is 6.40. The van der Waals surface area contributed by atoms with Gasteiger partial charge in [-0.05, 0) is 26.0 Å². The Morgan fingerprint density at radius 1 is 1.09 bits per heavy atom. The molecule has 3 aliphatic rings. The number of hydrogen-bond acceptors (Lipinski definition) is 4. The lowest BCUT2D eigenvalue weighted by Crippen LogP contribution is -2.39. The second-order valence-corrected chi connectivity index (χ2v) is 6.40. The molecule has 22 heavy (non-hydrogen) atoms. The number of carbonyl (C=O) groups is 2. The number of benzene rings is 1. The van der Waals surface area contributed by atoms with Gasteiger partial charge in [0.05, 0.1) is 34.3 Å². The van der Waals surface area contributed by atoms with Crippen LogP contribution in [0, 0.1) is 23.2 Å². The zero-order valence-corrected chi connectivity index (χ0v) is 12.2. The summed E-state index contributed by atoms with van der Waals surface area (Å²) in [5.74, 6) is -1.62. The van der Waals surface area contributed by atoms with Crippen LogP contribution < -0.4 is 4.90 Å². The van der Waals surface area contributed by atoms with Crippen molar-refractivity contribution >= 4 is 17.5 Å². The number of amides is 2. The van der Waals surface area contributed by atoms with E-state index in [-0.39, 0.29) is 11.8 Å². The molecule has 0 N–H and O–H groups in total. The quantitative estimate of drug-likeness (QED) is 0.585. The van der Waals surface area contributed by atoms with Crippen LogP contribution in [0.4, 0.5) is 5.69 Å². The van der Waals surface area contributed by atoms with Crippen LogP contribution >= 0.6 is 0 Å². The number of fused-ring (bicyclic) bond motifs is 5. The van der Waals surface area contributed by atoms with Crippen LogP contribution in [0.15, 0.2) is 36.4 Å². The highest BCUT2D eigenvalue weighted by Crippen LogP contribution is 2.57. The summed E-state index contributed by atoms with van der Waals surface area (Å²) in [5.41, 5.74) is -0.813. The first-order chi connectivity index (χ1) is 10.4. The Bertz CT molecular complexity index is 757. The van der Waals surface area contributed by atoms with Crippen molar-refractivity contribution in [2.75, 3.05) is 4.90 Å². The molecule has 4 rings (SSSR count). The molecule has 0 aromatic heterocycles. The largest absolute Gasteiger partial charge is 0.359 e. The van der Waals surface area contributed by atoms with Gasteiger partial charge in [-0.25, -0.2) is 4.90 Å². The second kappa shape index (κ2) is 3.84. The molecule has 1 aromatic rings. The maximum atomic E-state index is 12.9. The summed E-state index contributed by atoms with van der Waals surface area (Å²) in [6.45, 7) is 3.68. The molecule has 2 amide bonds.